The molecule has 0 spiro atoms. The van der Waals surface area contributed by atoms with Gasteiger partial charge < -0.3 is 10.2 Å². The van der Waals surface area contributed by atoms with Crippen LogP contribution in [0.4, 0.5) is 24.5 Å². The Labute approximate surface area is 139 Å². The highest BCUT2D eigenvalue weighted by Gasteiger charge is 2.31. The van der Waals surface area contributed by atoms with Crippen LogP contribution < -0.4 is 10.2 Å². The lowest BCUT2D eigenvalue weighted by molar-refractivity contribution is -0.137. The van der Waals surface area contributed by atoms with Gasteiger partial charge in [-0.15, -0.1) is 0 Å². The summed E-state index contributed by atoms with van der Waals surface area (Å²) in [5, 5.41) is 2.59. The highest BCUT2D eigenvalue weighted by atomic mass is 19.4. The molecule has 0 aliphatic heterocycles. The quantitative estimate of drug-likeness (QED) is 0.881. The Hall–Kier alpha value is -2.50. The summed E-state index contributed by atoms with van der Waals surface area (Å²) in [6, 6.07) is 12.8. The second kappa shape index (κ2) is 7.38. The number of aryl methyl sites for hydroxylation is 1. The number of nitrogens with zero attached hydrogens (tertiary/aromatic N) is 1. The van der Waals surface area contributed by atoms with E-state index in [0.717, 1.165) is 17.7 Å². The largest absolute Gasteiger partial charge is 0.416 e. The fourth-order valence-electron chi connectivity index (χ4n) is 2.32. The van der Waals surface area contributed by atoms with E-state index < -0.39 is 11.7 Å². The van der Waals surface area contributed by atoms with Gasteiger partial charge in [0, 0.05) is 20.5 Å². The maximum absolute atomic E-state index is 12.9. The fourth-order valence-corrected chi connectivity index (χ4v) is 2.32. The van der Waals surface area contributed by atoms with Gasteiger partial charge in [0.05, 0.1) is 16.9 Å². The molecule has 0 radical (unpaired) electrons. The Morgan fingerprint density at radius 1 is 1.08 bits per heavy atom. The Morgan fingerprint density at radius 2 is 1.75 bits per heavy atom. The summed E-state index contributed by atoms with van der Waals surface area (Å²) >= 11 is 0. The van der Waals surface area contributed by atoms with E-state index in [1.54, 1.807) is 19.0 Å². The van der Waals surface area contributed by atoms with E-state index >= 15 is 0 Å². The minimum Gasteiger partial charge on any atom is -0.376 e. The molecule has 0 saturated heterocycles. The number of alkyl halides is 3. The molecule has 0 fully saturated rings. The molecule has 3 nitrogen and oxygen atoms in total. The Bertz CT molecular complexity index is 697. The van der Waals surface area contributed by atoms with Crippen molar-refractivity contribution in [2.45, 2.75) is 19.0 Å². The van der Waals surface area contributed by atoms with Crippen molar-refractivity contribution in [2.75, 3.05) is 24.3 Å². The zero-order valence-electron chi connectivity index (χ0n) is 13.5. The number of hydrogen-bond acceptors (Lipinski definition) is 2. The van der Waals surface area contributed by atoms with Gasteiger partial charge in [0.1, 0.15) is 0 Å². The molecule has 0 atom stereocenters. The number of anilines is 2. The summed E-state index contributed by atoms with van der Waals surface area (Å²) in [5.41, 5.74) is 0.903. The zero-order valence-corrected chi connectivity index (χ0v) is 13.5. The molecule has 6 heteroatoms. The average molecular weight is 336 g/mol. The van der Waals surface area contributed by atoms with Crippen molar-refractivity contribution < 1.29 is 18.0 Å². The van der Waals surface area contributed by atoms with Crippen molar-refractivity contribution in [3.05, 3.63) is 59.7 Å². The van der Waals surface area contributed by atoms with E-state index in [-0.39, 0.29) is 18.0 Å². The van der Waals surface area contributed by atoms with Crippen molar-refractivity contribution in [1.29, 1.82) is 0 Å². The average Bonchev–Trinajstić information content (AvgIpc) is 2.53. The highest BCUT2D eigenvalue weighted by molar-refractivity contribution is 5.94. The first-order chi connectivity index (χ1) is 11.3. The van der Waals surface area contributed by atoms with Gasteiger partial charge in [-0.3, -0.25) is 4.79 Å². The normalized spacial score (nSPS) is 11.2. The number of benzene rings is 2. The number of hydrogen-bond donors (Lipinski definition) is 1. The van der Waals surface area contributed by atoms with Gasteiger partial charge >= 0.3 is 6.18 Å². The van der Waals surface area contributed by atoms with Gasteiger partial charge in [-0.2, -0.15) is 13.2 Å². The first-order valence-corrected chi connectivity index (χ1v) is 7.49. The van der Waals surface area contributed by atoms with E-state index in [1.165, 1.54) is 6.07 Å². The van der Waals surface area contributed by atoms with Gasteiger partial charge in [-0.05, 0) is 30.2 Å². The van der Waals surface area contributed by atoms with Gasteiger partial charge in [-0.1, -0.05) is 30.3 Å². The van der Waals surface area contributed by atoms with E-state index in [1.807, 2.05) is 30.3 Å². The summed E-state index contributed by atoms with van der Waals surface area (Å²) in [5.74, 6) is -0.318. The first-order valence-electron chi connectivity index (χ1n) is 7.49. The number of nitrogens with one attached hydrogen (secondary N) is 1. The topological polar surface area (TPSA) is 32.3 Å². The number of halogens is 3. The van der Waals surface area contributed by atoms with Crippen LogP contribution in [0.25, 0.3) is 0 Å². The van der Waals surface area contributed by atoms with Gasteiger partial charge in [0.15, 0.2) is 0 Å². The first kappa shape index (κ1) is 17.8. The van der Waals surface area contributed by atoms with Crippen LogP contribution in [-0.4, -0.2) is 20.0 Å². The molecule has 1 amide bonds. The van der Waals surface area contributed by atoms with E-state index in [0.29, 0.717) is 12.1 Å². The van der Waals surface area contributed by atoms with Crippen LogP contribution in [0.15, 0.2) is 48.5 Å². The molecule has 0 heterocycles. The monoisotopic (exact) mass is 336 g/mol. The minimum absolute atomic E-state index is 0.160. The van der Waals surface area contributed by atoms with Gasteiger partial charge in [0.25, 0.3) is 0 Å². The summed E-state index contributed by atoms with van der Waals surface area (Å²) in [4.78, 5) is 13.8. The van der Waals surface area contributed by atoms with Crippen LogP contribution >= 0.6 is 0 Å². The van der Waals surface area contributed by atoms with Crippen molar-refractivity contribution in [3.63, 3.8) is 0 Å². The number of amides is 1. The van der Waals surface area contributed by atoms with E-state index in [4.69, 9.17) is 0 Å². The zero-order chi connectivity index (χ0) is 17.7. The maximum atomic E-state index is 12.9. The van der Waals surface area contributed by atoms with Gasteiger partial charge in [0.2, 0.25) is 5.91 Å². The molecule has 24 heavy (non-hydrogen) atoms. The third-order valence-corrected chi connectivity index (χ3v) is 3.56. The third kappa shape index (κ3) is 4.75. The van der Waals surface area contributed by atoms with Crippen LogP contribution in [0, 0.1) is 0 Å². The molecule has 2 aromatic rings. The summed E-state index contributed by atoms with van der Waals surface area (Å²) in [7, 11) is 3.42. The maximum Gasteiger partial charge on any atom is 0.416 e. The summed E-state index contributed by atoms with van der Waals surface area (Å²) in [6.07, 6.45) is -3.72. The molecule has 128 valence electrons. The van der Waals surface area contributed by atoms with Crippen LogP contribution in [0.3, 0.4) is 0 Å². The van der Waals surface area contributed by atoms with Gasteiger partial charge in [-0.25, -0.2) is 0 Å². The molecule has 0 saturated carbocycles. The fraction of sp³-hybridized carbons (Fsp3) is 0.278. The Morgan fingerprint density at radius 3 is 2.33 bits per heavy atom. The molecule has 0 aliphatic rings. The summed E-state index contributed by atoms with van der Waals surface area (Å²) < 4.78 is 38.6. The van der Waals surface area contributed by atoms with Crippen molar-refractivity contribution in [2.24, 2.45) is 0 Å². The van der Waals surface area contributed by atoms with Crippen molar-refractivity contribution in [1.82, 2.24) is 0 Å². The number of carbonyl (C=O) groups excluding carboxylic acids is 1. The predicted octanol–water partition coefficient (Wildman–Crippen LogP) is 4.34. The lowest BCUT2D eigenvalue weighted by Gasteiger charge is -2.19. The molecular formula is C18H19F3N2O. The van der Waals surface area contributed by atoms with Crippen LogP contribution in [0.2, 0.25) is 0 Å². The van der Waals surface area contributed by atoms with Crippen molar-refractivity contribution in [3.8, 4) is 0 Å². The predicted molar refractivity (Wildman–Crippen MR) is 89.2 cm³/mol. The third-order valence-electron chi connectivity index (χ3n) is 3.56. The standard InChI is InChI=1S/C18H19F3N2O/c1-23(2)16-10-9-14(18(19,20)21)12-15(16)22-17(24)11-8-13-6-4-3-5-7-13/h3-7,9-10,12H,8,11H2,1-2H3,(H,22,24). The SMILES string of the molecule is CN(C)c1ccc(C(F)(F)F)cc1NC(=O)CCc1ccccc1. The van der Waals surface area contributed by atoms with Crippen LogP contribution in [-0.2, 0) is 17.4 Å². The highest BCUT2D eigenvalue weighted by Crippen LogP contribution is 2.34. The van der Waals surface area contributed by atoms with E-state index in [9.17, 15) is 18.0 Å². The minimum atomic E-state index is -4.45. The van der Waals surface area contributed by atoms with Crippen LogP contribution in [0.5, 0.6) is 0 Å². The molecule has 2 aromatic carbocycles. The molecule has 0 unspecified atom stereocenters. The number of rotatable bonds is 5. The second-order valence-electron chi connectivity index (χ2n) is 5.66. The molecule has 2 rings (SSSR count). The number of carbonyl (C=O) groups is 1. The Balaban J connectivity index is 2.13. The molecule has 1 N–H and O–H groups in total. The Kier molecular flexibility index (Phi) is 5.49. The molecular weight excluding hydrogens is 317 g/mol. The lowest BCUT2D eigenvalue weighted by Crippen LogP contribution is -2.18. The lowest BCUT2D eigenvalue weighted by atomic mass is 10.1. The molecule has 0 bridgehead atoms. The summed E-state index contributed by atoms with van der Waals surface area (Å²) in [6.45, 7) is 0. The van der Waals surface area contributed by atoms with E-state index in [2.05, 4.69) is 5.32 Å². The van der Waals surface area contributed by atoms with Crippen molar-refractivity contribution >= 4 is 17.3 Å². The van der Waals surface area contributed by atoms with Crippen LogP contribution in [0.1, 0.15) is 17.5 Å². The molecule has 0 aromatic heterocycles. The molecule has 0 aliphatic carbocycles. The second-order valence-corrected chi connectivity index (χ2v) is 5.66. The smallest absolute Gasteiger partial charge is 0.376 e.